The summed E-state index contributed by atoms with van der Waals surface area (Å²) < 4.78 is 10.5. The summed E-state index contributed by atoms with van der Waals surface area (Å²) >= 11 is 0. The molecular formula is C23H18N6O4. The number of H-pyrrole nitrogens is 1. The molecule has 3 aromatic carbocycles. The van der Waals surface area contributed by atoms with Crippen molar-refractivity contribution in [1.29, 1.82) is 5.26 Å². The average molecular weight is 442 g/mol. The highest BCUT2D eigenvalue weighted by Crippen LogP contribution is 2.43. The topological polar surface area (TPSA) is 145 Å². The van der Waals surface area contributed by atoms with E-state index >= 15 is 0 Å². The molecule has 3 N–H and O–H groups in total. The molecule has 164 valence electrons. The number of aromatic nitrogens is 2. The molecule has 0 aliphatic heterocycles. The molecule has 0 saturated carbocycles. The van der Waals surface area contributed by atoms with Crippen molar-refractivity contribution < 1.29 is 19.4 Å². The summed E-state index contributed by atoms with van der Waals surface area (Å²) in [6.07, 6.45) is 1.31. The molecule has 0 unspecified atom stereocenters. The molecule has 10 heteroatoms. The number of phenols is 1. The maximum absolute atomic E-state index is 13.0. The number of rotatable bonds is 6. The van der Waals surface area contributed by atoms with E-state index in [0.29, 0.717) is 28.0 Å². The summed E-state index contributed by atoms with van der Waals surface area (Å²) in [6, 6.07) is 15.5. The molecule has 0 aliphatic rings. The van der Waals surface area contributed by atoms with Gasteiger partial charge in [-0.3, -0.25) is 9.89 Å². The van der Waals surface area contributed by atoms with Crippen LogP contribution in [0.1, 0.15) is 15.9 Å². The van der Waals surface area contributed by atoms with Crippen LogP contribution in [0.2, 0.25) is 0 Å². The molecule has 0 saturated heterocycles. The fourth-order valence-electron chi connectivity index (χ4n) is 3.24. The number of methoxy groups -OCH3 is 2. The molecular weight excluding hydrogens is 424 g/mol. The van der Waals surface area contributed by atoms with E-state index in [1.165, 1.54) is 13.3 Å². The zero-order valence-corrected chi connectivity index (χ0v) is 17.7. The Morgan fingerprint density at radius 1 is 1.15 bits per heavy atom. The summed E-state index contributed by atoms with van der Waals surface area (Å²) in [5, 5.41) is 38.5. The molecule has 0 atom stereocenters. The molecule has 0 fully saturated rings. The molecule has 0 aliphatic carbocycles. The number of nitrogens with zero attached hydrogens (tertiary/aromatic N) is 4. The Balaban J connectivity index is 1.81. The van der Waals surface area contributed by atoms with Crippen molar-refractivity contribution in [2.75, 3.05) is 19.5 Å². The van der Waals surface area contributed by atoms with Crippen LogP contribution in [-0.4, -0.2) is 35.4 Å². The predicted molar refractivity (Wildman–Crippen MR) is 121 cm³/mol. The zero-order chi connectivity index (χ0) is 23.4. The monoisotopic (exact) mass is 442 g/mol. The summed E-state index contributed by atoms with van der Waals surface area (Å²) in [5.41, 5.74) is 0.710. The molecule has 0 bridgehead atoms. The van der Waals surface area contributed by atoms with Gasteiger partial charge in [0.25, 0.3) is 5.91 Å². The summed E-state index contributed by atoms with van der Waals surface area (Å²) in [4.78, 5) is 13.0. The van der Waals surface area contributed by atoms with E-state index in [2.05, 4.69) is 25.7 Å². The Labute approximate surface area is 188 Å². The van der Waals surface area contributed by atoms with Crippen molar-refractivity contribution >= 4 is 33.9 Å². The third-order valence-electron chi connectivity index (χ3n) is 4.88. The number of carbonyl (C=O) groups is 1. The lowest BCUT2D eigenvalue weighted by Crippen LogP contribution is -2.12. The van der Waals surface area contributed by atoms with Crippen LogP contribution in [0, 0.1) is 11.3 Å². The number of ether oxygens (including phenoxy) is 2. The summed E-state index contributed by atoms with van der Waals surface area (Å²) in [7, 11) is 3.04. The number of fused-ring (bicyclic) bond motifs is 1. The SMILES string of the molecule is COc1ccc(NC(=O)c2cc3cccc(OC)c3c(N=Nc3[nH]ncc3C#N)c2O)cc1. The first-order chi connectivity index (χ1) is 16.0. The van der Waals surface area contributed by atoms with E-state index in [1.807, 2.05) is 6.07 Å². The van der Waals surface area contributed by atoms with Gasteiger partial charge in [-0.05, 0) is 41.8 Å². The van der Waals surface area contributed by atoms with Crippen molar-refractivity contribution in [3.05, 3.63) is 65.9 Å². The lowest BCUT2D eigenvalue weighted by atomic mass is 10.0. The predicted octanol–water partition coefficient (Wildman–Crippen LogP) is 4.83. The molecule has 0 radical (unpaired) electrons. The molecule has 0 spiro atoms. The second-order valence-corrected chi connectivity index (χ2v) is 6.81. The fourth-order valence-corrected chi connectivity index (χ4v) is 3.24. The minimum Gasteiger partial charge on any atom is -0.505 e. The maximum Gasteiger partial charge on any atom is 0.259 e. The number of aromatic hydroxyl groups is 1. The van der Waals surface area contributed by atoms with Gasteiger partial charge >= 0.3 is 0 Å². The third kappa shape index (κ3) is 4.15. The number of phenolic OH excluding ortho intramolecular Hbond substituents is 1. The second-order valence-electron chi connectivity index (χ2n) is 6.81. The van der Waals surface area contributed by atoms with Crippen LogP contribution in [0.25, 0.3) is 10.8 Å². The summed E-state index contributed by atoms with van der Waals surface area (Å²) in [5.74, 6) is 0.266. The van der Waals surface area contributed by atoms with Gasteiger partial charge in [0.1, 0.15) is 28.8 Å². The Morgan fingerprint density at radius 3 is 2.64 bits per heavy atom. The summed E-state index contributed by atoms with van der Waals surface area (Å²) in [6.45, 7) is 0. The van der Waals surface area contributed by atoms with Gasteiger partial charge in [0.15, 0.2) is 11.6 Å². The van der Waals surface area contributed by atoms with Gasteiger partial charge in [-0.25, -0.2) is 0 Å². The van der Waals surface area contributed by atoms with Crippen molar-refractivity contribution in [2.24, 2.45) is 10.2 Å². The average Bonchev–Trinajstić information content (AvgIpc) is 3.30. The number of amides is 1. The largest absolute Gasteiger partial charge is 0.505 e. The number of azo groups is 1. The van der Waals surface area contributed by atoms with Crippen molar-refractivity contribution in [3.8, 4) is 23.3 Å². The molecule has 4 rings (SSSR count). The van der Waals surface area contributed by atoms with Crippen LogP contribution in [0.15, 0.2) is 65.0 Å². The fraction of sp³-hybridized carbons (Fsp3) is 0.0870. The molecule has 1 aromatic heterocycles. The minimum absolute atomic E-state index is 0.00867. The van der Waals surface area contributed by atoms with E-state index in [4.69, 9.17) is 14.7 Å². The number of nitrogens with one attached hydrogen (secondary N) is 2. The number of anilines is 1. The molecule has 4 aromatic rings. The third-order valence-corrected chi connectivity index (χ3v) is 4.88. The van der Waals surface area contributed by atoms with Crippen LogP contribution in [0.4, 0.5) is 17.2 Å². The Hall–Kier alpha value is -4.91. The van der Waals surface area contributed by atoms with Crippen LogP contribution in [-0.2, 0) is 0 Å². The normalized spacial score (nSPS) is 10.8. The first kappa shape index (κ1) is 21.3. The van der Waals surface area contributed by atoms with Crippen LogP contribution in [0.3, 0.4) is 0 Å². The maximum atomic E-state index is 13.0. The molecule has 1 amide bonds. The van der Waals surface area contributed by atoms with Crippen molar-refractivity contribution in [2.45, 2.75) is 0 Å². The standard InChI is InChI=1S/C23H18N6O4/c1-32-16-8-6-15(7-9-16)26-23(31)17-10-13-4-3-5-18(33-2)19(13)20(21(17)30)27-29-22-14(11-24)12-25-28-22/h3-10,12,30H,1-2H3,(H,25,28)(H,26,31). The van der Waals surface area contributed by atoms with Gasteiger partial charge in [-0.1, -0.05) is 12.1 Å². The minimum atomic E-state index is -0.543. The molecule has 10 nitrogen and oxygen atoms in total. The lowest BCUT2D eigenvalue weighted by molar-refractivity contribution is 0.102. The van der Waals surface area contributed by atoms with Gasteiger partial charge in [0.2, 0.25) is 0 Å². The Bertz CT molecular complexity index is 1400. The van der Waals surface area contributed by atoms with Crippen LogP contribution >= 0.6 is 0 Å². The smallest absolute Gasteiger partial charge is 0.259 e. The van der Waals surface area contributed by atoms with Gasteiger partial charge in [-0.15, -0.1) is 10.2 Å². The highest BCUT2D eigenvalue weighted by molar-refractivity contribution is 6.12. The van der Waals surface area contributed by atoms with Gasteiger partial charge in [-0.2, -0.15) is 10.4 Å². The van der Waals surface area contributed by atoms with E-state index in [0.717, 1.165) is 0 Å². The Kier molecular flexibility index (Phi) is 5.86. The number of benzene rings is 3. The van der Waals surface area contributed by atoms with Gasteiger partial charge in [0, 0.05) is 5.69 Å². The van der Waals surface area contributed by atoms with Gasteiger partial charge < -0.3 is 19.9 Å². The van der Waals surface area contributed by atoms with Crippen molar-refractivity contribution in [3.63, 3.8) is 0 Å². The second kappa shape index (κ2) is 9.07. The number of hydrogen-bond donors (Lipinski definition) is 3. The Morgan fingerprint density at radius 2 is 1.94 bits per heavy atom. The van der Waals surface area contributed by atoms with E-state index in [9.17, 15) is 9.90 Å². The highest BCUT2D eigenvalue weighted by Gasteiger charge is 2.21. The van der Waals surface area contributed by atoms with E-state index in [-0.39, 0.29) is 28.4 Å². The number of aromatic amines is 1. The van der Waals surface area contributed by atoms with Crippen LogP contribution in [0.5, 0.6) is 17.2 Å². The zero-order valence-electron chi connectivity index (χ0n) is 17.7. The molecule has 1 heterocycles. The quantitative estimate of drug-likeness (QED) is 0.365. The van der Waals surface area contributed by atoms with E-state index < -0.39 is 5.91 Å². The van der Waals surface area contributed by atoms with Crippen molar-refractivity contribution in [1.82, 2.24) is 10.2 Å². The van der Waals surface area contributed by atoms with Gasteiger partial charge in [0.05, 0.1) is 31.4 Å². The first-order valence-corrected chi connectivity index (χ1v) is 9.69. The number of nitriles is 1. The van der Waals surface area contributed by atoms with E-state index in [1.54, 1.807) is 55.6 Å². The van der Waals surface area contributed by atoms with Crippen LogP contribution < -0.4 is 14.8 Å². The number of carbonyl (C=O) groups excluding carboxylic acids is 1. The lowest BCUT2D eigenvalue weighted by Gasteiger charge is -2.13. The highest BCUT2D eigenvalue weighted by atomic mass is 16.5. The first-order valence-electron chi connectivity index (χ1n) is 9.69. The molecule has 33 heavy (non-hydrogen) atoms. The number of hydrogen-bond acceptors (Lipinski definition) is 8.